The highest BCUT2D eigenvalue weighted by atomic mass is 32.2. The van der Waals surface area contributed by atoms with Crippen LogP contribution < -0.4 is 15.4 Å². The van der Waals surface area contributed by atoms with Crippen LogP contribution in [0.1, 0.15) is 36.7 Å². The average molecular weight is 498 g/mol. The van der Waals surface area contributed by atoms with Crippen molar-refractivity contribution in [2.45, 2.75) is 43.7 Å². The summed E-state index contributed by atoms with van der Waals surface area (Å²) < 4.78 is 41.2. The van der Waals surface area contributed by atoms with Gasteiger partial charge in [-0.05, 0) is 68.8 Å². The maximum atomic E-state index is 13.2. The molecule has 0 fully saturated rings. The molecule has 0 aliphatic rings. The molecule has 35 heavy (non-hydrogen) atoms. The molecule has 0 aromatic heterocycles. The van der Waals surface area contributed by atoms with Gasteiger partial charge >= 0.3 is 0 Å². The summed E-state index contributed by atoms with van der Waals surface area (Å²) in [6, 6.07) is 19.0. The second-order valence-corrected chi connectivity index (χ2v) is 10.8. The van der Waals surface area contributed by atoms with Crippen molar-refractivity contribution in [3.05, 3.63) is 95.8 Å². The Balaban J connectivity index is 1.82. The van der Waals surface area contributed by atoms with Crippen LogP contribution in [0.4, 0.5) is 10.1 Å². The minimum Gasteiger partial charge on any atom is -0.340 e. The van der Waals surface area contributed by atoms with Crippen LogP contribution in [0.3, 0.4) is 0 Å². The van der Waals surface area contributed by atoms with Gasteiger partial charge in [-0.3, -0.25) is 9.59 Å². The van der Waals surface area contributed by atoms with Crippen molar-refractivity contribution in [3.8, 4) is 0 Å². The quantitative estimate of drug-likeness (QED) is 0.439. The number of nitrogens with one attached hydrogen (secondary N) is 3. The van der Waals surface area contributed by atoms with Crippen LogP contribution in [0.25, 0.3) is 0 Å². The van der Waals surface area contributed by atoms with Crippen LogP contribution in [0, 0.1) is 5.82 Å². The minimum atomic E-state index is -3.81. The Morgan fingerprint density at radius 2 is 1.57 bits per heavy atom. The lowest BCUT2D eigenvalue weighted by Gasteiger charge is -2.21. The average Bonchev–Trinajstić information content (AvgIpc) is 2.78. The van der Waals surface area contributed by atoms with Gasteiger partial charge in [-0.1, -0.05) is 36.4 Å². The minimum absolute atomic E-state index is 0.000169. The first-order valence-electron chi connectivity index (χ1n) is 11.0. The second-order valence-electron chi connectivity index (χ2n) is 9.10. The number of amides is 2. The van der Waals surface area contributed by atoms with Gasteiger partial charge in [-0.15, -0.1) is 0 Å². The predicted octanol–water partition coefficient (Wildman–Crippen LogP) is 3.88. The third-order valence-corrected chi connectivity index (χ3v) is 6.62. The van der Waals surface area contributed by atoms with E-state index in [4.69, 9.17) is 0 Å². The molecule has 0 bridgehead atoms. The number of hydrogen-bond donors (Lipinski definition) is 3. The highest BCUT2D eigenvalue weighted by molar-refractivity contribution is 7.89. The van der Waals surface area contributed by atoms with Crippen molar-refractivity contribution in [3.63, 3.8) is 0 Å². The maximum Gasteiger partial charge on any atom is 0.251 e. The molecule has 1 unspecified atom stereocenters. The third-order valence-electron chi connectivity index (χ3n) is 4.86. The van der Waals surface area contributed by atoms with E-state index in [-0.39, 0.29) is 22.6 Å². The first-order chi connectivity index (χ1) is 16.4. The van der Waals surface area contributed by atoms with Gasteiger partial charge in [0.1, 0.15) is 11.9 Å². The monoisotopic (exact) mass is 497 g/mol. The highest BCUT2D eigenvalue weighted by Crippen LogP contribution is 2.18. The van der Waals surface area contributed by atoms with Crippen molar-refractivity contribution in [2.24, 2.45) is 0 Å². The smallest absolute Gasteiger partial charge is 0.251 e. The second kappa shape index (κ2) is 10.8. The molecule has 7 nitrogen and oxygen atoms in total. The van der Waals surface area contributed by atoms with Crippen LogP contribution in [0.2, 0.25) is 0 Å². The zero-order valence-corrected chi connectivity index (χ0v) is 20.5. The molecule has 184 valence electrons. The molecule has 1 atom stereocenters. The predicted molar refractivity (Wildman–Crippen MR) is 133 cm³/mol. The largest absolute Gasteiger partial charge is 0.340 e. The van der Waals surface area contributed by atoms with Gasteiger partial charge in [0.15, 0.2) is 0 Å². The Kier molecular flexibility index (Phi) is 8.03. The lowest BCUT2D eigenvalue weighted by Crippen LogP contribution is -2.45. The van der Waals surface area contributed by atoms with Crippen molar-refractivity contribution in [1.29, 1.82) is 0 Å². The van der Waals surface area contributed by atoms with Gasteiger partial charge < -0.3 is 10.6 Å². The number of hydrogen-bond acceptors (Lipinski definition) is 4. The number of rotatable bonds is 8. The summed E-state index contributed by atoms with van der Waals surface area (Å²) in [6.07, 6.45) is 0.198. The summed E-state index contributed by atoms with van der Waals surface area (Å²) in [5, 5.41) is 5.39. The number of carbonyl (C=O) groups is 2. The lowest BCUT2D eigenvalue weighted by atomic mass is 10.0. The molecule has 9 heteroatoms. The Bertz CT molecular complexity index is 1290. The first kappa shape index (κ1) is 26.1. The third kappa shape index (κ3) is 7.73. The van der Waals surface area contributed by atoms with Crippen LogP contribution >= 0.6 is 0 Å². The topological polar surface area (TPSA) is 104 Å². The van der Waals surface area contributed by atoms with Gasteiger partial charge in [0, 0.05) is 23.2 Å². The Hall–Kier alpha value is -3.56. The standard InChI is InChI=1S/C26H28FN3O4S/c1-26(2,3)30-35(33,34)22-11-7-10-21(17-22)28-25(32)23(16-18-8-5-4-6-9-18)29-24(31)19-12-14-20(27)15-13-19/h4-15,17,23,30H,16H2,1-3H3,(H,28,32)(H,29,31). The molecule has 0 spiro atoms. The fraction of sp³-hybridized carbons (Fsp3) is 0.231. The van der Waals surface area contributed by atoms with Crippen LogP contribution in [0.5, 0.6) is 0 Å². The molecule has 0 radical (unpaired) electrons. The molecule has 2 amide bonds. The van der Waals surface area contributed by atoms with Gasteiger partial charge in [0.05, 0.1) is 4.90 Å². The molecule has 3 aromatic rings. The molecular formula is C26H28FN3O4S. The molecule has 0 aliphatic heterocycles. The number of anilines is 1. The van der Waals surface area contributed by atoms with E-state index in [2.05, 4.69) is 15.4 Å². The Labute approximate surface area is 204 Å². The fourth-order valence-electron chi connectivity index (χ4n) is 3.33. The van der Waals surface area contributed by atoms with E-state index in [1.165, 1.54) is 42.5 Å². The van der Waals surface area contributed by atoms with Crippen molar-refractivity contribution in [1.82, 2.24) is 10.0 Å². The van der Waals surface area contributed by atoms with E-state index in [9.17, 15) is 22.4 Å². The van der Waals surface area contributed by atoms with Crippen molar-refractivity contribution < 1.29 is 22.4 Å². The SMILES string of the molecule is CC(C)(C)NS(=O)(=O)c1cccc(NC(=O)C(Cc2ccccc2)NC(=O)c2ccc(F)cc2)c1. The summed E-state index contributed by atoms with van der Waals surface area (Å²) >= 11 is 0. The van der Waals surface area contributed by atoms with E-state index in [1.807, 2.05) is 30.3 Å². The molecule has 3 aromatic carbocycles. The van der Waals surface area contributed by atoms with E-state index in [0.717, 1.165) is 5.56 Å². The van der Waals surface area contributed by atoms with Gasteiger partial charge in [-0.2, -0.15) is 0 Å². The summed E-state index contributed by atoms with van der Waals surface area (Å²) in [4.78, 5) is 25.9. The molecule has 3 rings (SSSR count). The normalized spacial score (nSPS) is 12.6. The van der Waals surface area contributed by atoms with Gasteiger partial charge in [0.2, 0.25) is 15.9 Å². The van der Waals surface area contributed by atoms with Crippen LogP contribution in [0.15, 0.2) is 83.8 Å². The van der Waals surface area contributed by atoms with E-state index >= 15 is 0 Å². The zero-order chi connectivity index (χ0) is 25.6. The van der Waals surface area contributed by atoms with E-state index in [1.54, 1.807) is 26.8 Å². The summed E-state index contributed by atoms with van der Waals surface area (Å²) in [5.41, 5.74) is 0.612. The van der Waals surface area contributed by atoms with Crippen LogP contribution in [-0.4, -0.2) is 31.8 Å². The molecule has 0 saturated heterocycles. The lowest BCUT2D eigenvalue weighted by molar-refractivity contribution is -0.118. The fourth-order valence-corrected chi connectivity index (χ4v) is 4.80. The Morgan fingerprint density at radius 3 is 2.20 bits per heavy atom. The van der Waals surface area contributed by atoms with E-state index in [0.29, 0.717) is 0 Å². The number of sulfonamides is 1. The number of carbonyl (C=O) groups excluding carboxylic acids is 2. The summed E-state index contributed by atoms with van der Waals surface area (Å²) in [7, 11) is -3.81. The summed E-state index contributed by atoms with van der Waals surface area (Å²) in [6.45, 7) is 5.19. The maximum absolute atomic E-state index is 13.2. The molecule has 3 N–H and O–H groups in total. The number of halogens is 1. The molecule has 0 heterocycles. The van der Waals surface area contributed by atoms with Crippen molar-refractivity contribution >= 4 is 27.5 Å². The molecule has 0 aliphatic carbocycles. The molecule has 0 saturated carbocycles. The zero-order valence-electron chi connectivity index (χ0n) is 19.7. The first-order valence-corrected chi connectivity index (χ1v) is 12.5. The Morgan fingerprint density at radius 1 is 0.914 bits per heavy atom. The number of benzene rings is 3. The van der Waals surface area contributed by atoms with E-state index < -0.39 is 39.2 Å². The highest BCUT2D eigenvalue weighted by Gasteiger charge is 2.24. The summed E-state index contributed by atoms with van der Waals surface area (Å²) in [5.74, 6) is -1.54. The van der Waals surface area contributed by atoms with Gasteiger partial charge in [0.25, 0.3) is 5.91 Å². The van der Waals surface area contributed by atoms with Crippen molar-refractivity contribution in [2.75, 3.05) is 5.32 Å². The molecular weight excluding hydrogens is 469 g/mol. The van der Waals surface area contributed by atoms with Crippen LogP contribution in [-0.2, 0) is 21.2 Å². The van der Waals surface area contributed by atoms with Gasteiger partial charge in [-0.25, -0.2) is 17.5 Å².